The Hall–Kier alpha value is -3.10. The van der Waals surface area contributed by atoms with E-state index in [4.69, 9.17) is 0 Å². The van der Waals surface area contributed by atoms with Crippen LogP contribution in [0.15, 0.2) is 29.3 Å². The highest BCUT2D eigenvalue weighted by Gasteiger charge is 2.04. The van der Waals surface area contributed by atoms with Gasteiger partial charge in [-0.05, 0) is 17.7 Å². The molecule has 0 unspecified atom stereocenters. The third-order valence-electron chi connectivity index (χ3n) is 2.20. The summed E-state index contributed by atoms with van der Waals surface area (Å²) in [7, 11) is 0. The van der Waals surface area contributed by atoms with Crippen molar-refractivity contribution in [1.82, 2.24) is 15.2 Å². The Kier molecular flexibility index (Phi) is 3.80. The SMILES string of the molecule is CC(=O)Nc1nc(/N=C/c2ccc([N+](=O)[O-])cc2)n[nH]1. The molecule has 1 heterocycles. The van der Waals surface area contributed by atoms with Crippen LogP contribution < -0.4 is 5.32 Å². The zero-order valence-electron chi connectivity index (χ0n) is 10.4. The number of carbonyl (C=O) groups is 1. The van der Waals surface area contributed by atoms with Crippen LogP contribution in [-0.4, -0.2) is 32.2 Å². The third kappa shape index (κ3) is 3.45. The summed E-state index contributed by atoms with van der Waals surface area (Å²) >= 11 is 0. The van der Waals surface area contributed by atoms with Gasteiger partial charge in [-0.1, -0.05) is 0 Å². The Labute approximate surface area is 112 Å². The molecule has 0 aliphatic heterocycles. The van der Waals surface area contributed by atoms with Crippen molar-refractivity contribution in [3.05, 3.63) is 39.9 Å². The quantitative estimate of drug-likeness (QED) is 0.495. The van der Waals surface area contributed by atoms with Crippen LogP contribution in [0.3, 0.4) is 0 Å². The van der Waals surface area contributed by atoms with Crippen molar-refractivity contribution in [2.75, 3.05) is 5.32 Å². The Bertz CT molecular complexity index is 661. The minimum absolute atomic E-state index is 0.00740. The monoisotopic (exact) mass is 274 g/mol. The number of amides is 1. The van der Waals surface area contributed by atoms with Crippen molar-refractivity contribution in [2.24, 2.45) is 4.99 Å². The summed E-state index contributed by atoms with van der Waals surface area (Å²) in [6.07, 6.45) is 1.46. The molecule has 0 radical (unpaired) electrons. The van der Waals surface area contributed by atoms with Gasteiger partial charge in [0.1, 0.15) is 0 Å². The number of nitro benzene ring substituents is 1. The van der Waals surface area contributed by atoms with Crippen molar-refractivity contribution in [3.63, 3.8) is 0 Å². The van der Waals surface area contributed by atoms with E-state index in [1.165, 1.54) is 25.3 Å². The van der Waals surface area contributed by atoms with Gasteiger partial charge in [0.2, 0.25) is 11.9 Å². The number of nitrogens with zero attached hydrogens (tertiary/aromatic N) is 4. The number of non-ortho nitro benzene ring substituents is 1. The third-order valence-corrected chi connectivity index (χ3v) is 2.20. The Morgan fingerprint density at radius 2 is 2.15 bits per heavy atom. The first kappa shape index (κ1) is 13.3. The molecule has 2 aromatic rings. The van der Waals surface area contributed by atoms with E-state index in [0.717, 1.165) is 0 Å². The first-order chi connectivity index (χ1) is 9.54. The lowest BCUT2D eigenvalue weighted by Crippen LogP contribution is -2.06. The number of hydrogen-bond acceptors (Lipinski definition) is 6. The van der Waals surface area contributed by atoms with Crippen LogP contribution in [0.1, 0.15) is 12.5 Å². The largest absolute Gasteiger partial charge is 0.295 e. The normalized spacial score (nSPS) is 10.7. The van der Waals surface area contributed by atoms with Gasteiger partial charge in [-0.3, -0.25) is 20.2 Å². The molecule has 0 aliphatic rings. The number of benzene rings is 1. The standard InChI is InChI=1S/C11H10N6O3/c1-7(18)13-11-14-10(15-16-11)12-6-8-2-4-9(5-3-8)17(19)20/h2-6H,1H3,(H2,13,14,15,16,18)/b12-6+. The molecule has 0 saturated carbocycles. The molecule has 2 rings (SSSR count). The molecule has 0 atom stereocenters. The predicted octanol–water partition coefficient (Wildman–Crippen LogP) is 1.42. The van der Waals surface area contributed by atoms with Gasteiger partial charge in [0.05, 0.1) is 4.92 Å². The first-order valence-electron chi connectivity index (χ1n) is 5.53. The molecule has 9 nitrogen and oxygen atoms in total. The van der Waals surface area contributed by atoms with Gasteiger partial charge in [-0.25, -0.2) is 10.1 Å². The van der Waals surface area contributed by atoms with E-state index in [0.29, 0.717) is 5.56 Å². The molecule has 9 heteroatoms. The lowest BCUT2D eigenvalue weighted by molar-refractivity contribution is -0.384. The number of anilines is 1. The second-order valence-corrected chi connectivity index (χ2v) is 3.77. The number of carbonyl (C=O) groups excluding carboxylic acids is 1. The average molecular weight is 274 g/mol. The van der Waals surface area contributed by atoms with Gasteiger partial charge >= 0.3 is 0 Å². The fraction of sp³-hybridized carbons (Fsp3) is 0.0909. The molecular weight excluding hydrogens is 264 g/mol. The van der Waals surface area contributed by atoms with Crippen LogP contribution in [0.2, 0.25) is 0 Å². The maximum atomic E-state index is 10.8. The van der Waals surface area contributed by atoms with E-state index in [-0.39, 0.29) is 23.5 Å². The van der Waals surface area contributed by atoms with Crippen LogP contribution in [0.5, 0.6) is 0 Å². The lowest BCUT2D eigenvalue weighted by Gasteiger charge is -1.92. The second kappa shape index (κ2) is 5.69. The number of nitro groups is 1. The summed E-state index contributed by atoms with van der Waals surface area (Å²) in [6.45, 7) is 1.35. The van der Waals surface area contributed by atoms with Crippen LogP contribution >= 0.6 is 0 Å². The van der Waals surface area contributed by atoms with Crippen molar-refractivity contribution < 1.29 is 9.72 Å². The molecule has 2 N–H and O–H groups in total. The molecule has 20 heavy (non-hydrogen) atoms. The second-order valence-electron chi connectivity index (χ2n) is 3.77. The van der Waals surface area contributed by atoms with E-state index in [9.17, 15) is 14.9 Å². The summed E-state index contributed by atoms with van der Waals surface area (Å²) in [6, 6.07) is 5.87. The molecule has 102 valence electrons. The van der Waals surface area contributed by atoms with Crippen molar-refractivity contribution in [2.45, 2.75) is 6.92 Å². The highest BCUT2D eigenvalue weighted by molar-refractivity contribution is 5.86. The average Bonchev–Trinajstić information content (AvgIpc) is 2.83. The van der Waals surface area contributed by atoms with E-state index in [2.05, 4.69) is 25.5 Å². The molecule has 0 bridgehead atoms. The van der Waals surface area contributed by atoms with Gasteiger partial charge in [0.15, 0.2) is 0 Å². The maximum absolute atomic E-state index is 10.8. The highest BCUT2D eigenvalue weighted by Crippen LogP contribution is 2.12. The van der Waals surface area contributed by atoms with Gasteiger partial charge < -0.3 is 0 Å². The maximum Gasteiger partial charge on any atom is 0.269 e. The zero-order chi connectivity index (χ0) is 14.5. The molecule has 0 saturated heterocycles. The summed E-state index contributed by atoms with van der Waals surface area (Å²) < 4.78 is 0. The number of H-pyrrole nitrogens is 1. The number of aromatic amines is 1. The van der Waals surface area contributed by atoms with E-state index in [1.54, 1.807) is 12.1 Å². The van der Waals surface area contributed by atoms with Crippen LogP contribution in [0.25, 0.3) is 0 Å². The van der Waals surface area contributed by atoms with Gasteiger partial charge in [-0.15, -0.1) is 5.10 Å². The molecular formula is C11H10N6O3. The van der Waals surface area contributed by atoms with Crippen LogP contribution in [0.4, 0.5) is 17.6 Å². The van der Waals surface area contributed by atoms with Gasteiger partial charge in [0, 0.05) is 25.3 Å². The Balaban J connectivity index is 2.07. The summed E-state index contributed by atoms with van der Waals surface area (Å²) in [5.74, 6) is 0.0764. The van der Waals surface area contributed by atoms with Gasteiger partial charge in [-0.2, -0.15) is 4.98 Å². The number of hydrogen-bond donors (Lipinski definition) is 2. The first-order valence-corrected chi connectivity index (χ1v) is 5.53. The van der Waals surface area contributed by atoms with E-state index >= 15 is 0 Å². The van der Waals surface area contributed by atoms with E-state index < -0.39 is 4.92 Å². The number of rotatable bonds is 4. The molecule has 0 fully saturated rings. The Morgan fingerprint density at radius 1 is 1.45 bits per heavy atom. The fourth-order valence-electron chi connectivity index (χ4n) is 1.35. The summed E-state index contributed by atoms with van der Waals surface area (Å²) in [4.78, 5) is 28.7. The lowest BCUT2D eigenvalue weighted by atomic mass is 10.2. The topological polar surface area (TPSA) is 126 Å². The summed E-state index contributed by atoms with van der Waals surface area (Å²) in [5, 5.41) is 19.2. The smallest absolute Gasteiger partial charge is 0.269 e. The molecule has 1 aromatic heterocycles. The highest BCUT2D eigenvalue weighted by atomic mass is 16.6. The molecule has 0 spiro atoms. The summed E-state index contributed by atoms with van der Waals surface area (Å²) in [5.41, 5.74) is 0.675. The molecule has 1 aromatic carbocycles. The number of aliphatic imine (C=N–C) groups is 1. The predicted molar refractivity (Wildman–Crippen MR) is 71.0 cm³/mol. The molecule has 0 aliphatic carbocycles. The molecule has 1 amide bonds. The number of aromatic nitrogens is 3. The number of nitrogens with one attached hydrogen (secondary N) is 2. The minimum Gasteiger partial charge on any atom is -0.295 e. The van der Waals surface area contributed by atoms with E-state index in [1.807, 2.05) is 0 Å². The van der Waals surface area contributed by atoms with Crippen molar-refractivity contribution >= 4 is 29.7 Å². The fourth-order valence-corrected chi connectivity index (χ4v) is 1.35. The van der Waals surface area contributed by atoms with Crippen molar-refractivity contribution in [3.8, 4) is 0 Å². The van der Waals surface area contributed by atoms with Crippen LogP contribution in [0, 0.1) is 10.1 Å². The van der Waals surface area contributed by atoms with Crippen molar-refractivity contribution in [1.29, 1.82) is 0 Å². The Morgan fingerprint density at radius 3 is 2.75 bits per heavy atom. The minimum atomic E-state index is -0.476. The zero-order valence-corrected chi connectivity index (χ0v) is 10.4. The van der Waals surface area contributed by atoms with Gasteiger partial charge in [0.25, 0.3) is 11.6 Å². The van der Waals surface area contributed by atoms with Crippen LogP contribution in [-0.2, 0) is 4.79 Å².